The molecule has 1 N–H and O–H groups in total. The van der Waals surface area contributed by atoms with Crippen LogP contribution >= 0.6 is 22.9 Å². The monoisotopic (exact) mass is 323 g/mol. The van der Waals surface area contributed by atoms with Crippen LogP contribution in [0.15, 0.2) is 18.2 Å². The fourth-order valence-electron chi connectivity index (χ4n) is 3.18. The van der Waals surface area contributed by atoms with Crippen LogP contribution in [-0.4, -0.2) is 16.1 Å². The van der Waals surface area contributed by atoms with Crippen molar-refractivity contribution in [3.8, 4) is 0 Å². The molecule has 2 aromatic rings. The summed E-state index contributed by atoms with van der Waals surface area (Å²) in [7, 11) is 0. The predicted octanol–water partition coefficient (Wildman–Crippen LogP) is 4.92. The van der Waals surface area contributed by atoms with Crippen LogP contribution in [-0.2, 0) is 11.2 Å². The number of hydrogen-bond acceptors (Lipinski definition) is 3. The number of carbonyl (C=O) groups is 1. The Morgan fingerprint density at radius 1 is 1.29 bits per heavy atom. The lowest BCUT2D eigenvalue weighted by Crippen LogP contribution is -2.32. The van der Waals surface area contributed by atoms with E-state index < -0.39 is 11.4 Å². The van der Waals surface area contributed by atoms with Gasteiger partial charge in [0, 0.05) is 11.4 Å². The molecule has 5 heteroatoms. The fraction of sp³-hybridized carbons (Fsp3) is 0.500. The largest absolute Gasteiger partial charge is 0.481 e. The highest BCUT2D eigenvalue weighted by Gasteiger charge is 2.39. The van der Waals surface area contributed by atoms with Crippen LogP contribution in [0, 0.1) is 5.41 Å². The standard InChI is InChI=1S/C16H18ClNO2S/c17-11-5-6-12-13(9-11)21-14(18-12)10-16(15(19)20)7-3-1-2-4-8-16/h5-6,9H,1-4,7-8,10H2,(H,19,20). The van der Waals surface area contributed by atoms with Crippen LogP contribution < -0.4 is 0 Å². The summed E-state index contributed by atoms with van der Waals surface area (Å²) in [5.41, 5.74) is 0.280. The molecule has 0 radical (unpaired) electrons. The topological polar surface area (TPSA) is 50.2 Å². The number of rotatable bonds is 3. The molecule has 1 aromatic heterocycles. The van der Waals surface area contributed by atoms with Crippen molar-refractivity contribution in [2.45, 2.75) is 44.9 Å². The number of carboxylic acids is 1. The molecule has 112 valence electrons. The molecule has 0 spiro atoms. The maximum Gasteiger partial charge on any atom is 0.310 e. The zero-order valence-corrected chi connectivity index (χ0v) is 13.3. The van der Waals surface area contributed by atoms with Gasteiger partial charge >= 0.3 is 5.97 Å². The van der Waals surface area contributed by atoms with E-state index in [0.717, 1.165) is 53.7 Å². The van der Waals surface area contributed by atoms with Crippen molar-refractivity contribution in [2.75, 3.05) is 0 Å². The molecule has 0 unspecified atom stereocenters. The van der Waals surface area contributed by atoms with Gasteiger partial charge in [-0.2, -0.15) is 0 Å². The number of benzene rings is 1. The first-order valence-electron chi connectivity index (χ1n) is 7.37. The third-order valence-corrected chi connectivity index (χ3v) is 5.65. The molecule has 0 bridgehead atoms. The maximum absolute atomic E-state index is 11.9. The Balaban J connectivity index is 1.91. The number of nitrogens with zero attached hydrogens (tertiary/aromatic N) is 1. The Hall–Kier alpha value is -1.13. The minimum atomic E-state index is -0.665. The van der Waals surface area contributed by atoms with E-state index in [-0.39, 0.29) is 0 Å². The smallest absolute Gasteiger partial charge is 0.310 e. The van der Waals surface area contributed by atoms with Crippen molar-refractivity contribution < 1.29 is 9.90 Å². The summed E-state index contributed by atoms with van der Waals surface area (Å²) in [5.74, 6) is -0.665. The molecule has 0 atom stereocenters. The van der Waals surface area contributed by atoms with Crippen LogP contribution in [0.2, 0.25) is 5.02 Å². The minimum absolute atomic E-state index is 0.541. The van der Waals surface area contributed by atoms with E-state index in [0.29, 0.717) is 11.4 Å². The third kappa shape index (κ3) is 3.06. The summed E-state index contributed by atoms with van der Waals surface area (Å²) in [6, 6.07) is 5.63. The van der Waals surface area contributed by atoms with E-state index in [1.165, 1.54) is 0 Å². The molecule has 1 aromatic carbocycles. The Kier molecular flexibility index (Phi) is 4.18. The molecule has 1 aliphatic carbocycles. The van der Waals surface area contributed by atoms with Gasteiger partial charge in [-0.3, -0.25) is 4.79 Å². The molecule has 3 nitrogen and oxygen atoms in total. The van der Waals surface area contributed by atoms with Gasteiger partial charge in [0.15, 0.2) is 0 Å². The molecule has 1 heterocycles. The number of halogens is 1. The predicted molar refractivity (Wildman–Crippen MR) is 86.1 cm³/mol. The number of hydrogen-bond donors (Lipinski definition) is 1. The summed E-state index contributed by atoms with van der Waals surface area (Å²) in [6.07, 6.45) is 6.36. The Labute approximate surface area is 133 Å². The average Bonchev–Trinajstić information content (AvgIpc) is 2.67. The number of aromatic nitrogens is 1. The van der Waals surface area contributed by atoms with Crippen LogP contribution in [0.25, 0.3) is 10.2 Å². The molecule has 1 fully saturated rings. The normalized spacial score (nSPS) is 18.5. The highest BCUT2D eigenvalue weighted by molar-refractivity contribution is 7.18. The van der Waals surface area contributed by atoms with E-state index in [1.807, 2.05) is 18.2 Å². The van der Waals surface area contributed by atoms with E-state index in [1.54, 1.807) is 11.3 Å². The molecular formula is C16H18ClNO2S. The van der Waals surface area contributed by atoms with Gasteiger partial charge in [0.2, 0.25) is 0 Å². The van der Waals surface area contributed by atoms with E-state index in [9.17, 15) is 9.90 Å². The van der Waals surface area contributed by atoms with Gasteiger partial charge in [0.05, 0.1) is 20.6 Å². The summed E-state index contributed by atoms with van der Waals surface area (Å²) in [5, 5.41) is 11.4. The Bertz CT molecular complexity index is 659. The lowest BCUT2D eigenvalue weighted by Gasteiger charge is -2.26. The molecular weight excluding hydrogens is 306 g/mol. The van der Waals surface area contributed by atoms with Crippen LogP contribution in [0.3, 0.4) is 0 Å². The first kappa shape index (κ1) is 14.8. The van der Waals surface area contributed by atoms with Gasteiger partial charge in [-0.05, 0) is 31.0 Å². The van der Waals surface area contributed by atoms with Crippen LogP contribution in [0.5, 0.6) is 0 Å². The van der Waals surface area contributed by atoms with Crippen molar-refractivity contribution in [3.05, 3.63) is 28.2 Å². The first-order valence-corrected chi connectivity index (χ1v) is 8.57. The van der Waals surface area contributed by atoms with Crippen molar-refractivity contribution >= 4 is 39.1 Å². The lowest BCUT2D eigenvalue weighted by atomic mass is 9.78. The van der Waals surface area contributed by atoms with Gasteiger partial charge in [-0.15, -0.1) is 11.3 Å². The molecule has 1 aliphatic rings. The highest BCUT2D eigenvalue weighted by Crippen LogP contribution is 2.40. The van der Waals surface area contributed by atoms with Gasteiger partial charge in [-0.25, -0.2) is 4.98 Å². The summed E-state index contributed by atoms with van der Waals surface area (Å²) < 4.78 is 1.03. The maximum atomic E-state index is 11.9. The van der Waals surface area contributed by atoms with Gasteiger partial charge in [0.1, 0.15) is 0 Å². The second-order valence-electron chi connectivity index (χ2n) is 5.90. The SMILES string of the molecule is O=C(O)C1(Cc2nc3ccc(Cl)cc3s2)CCCCCC1. The van der Waals surface area contributed by atoms with Crippen molar-refractivity contribution in [1.29, 1.82) is 0 Å². The molecule has 21 heavy (non-hydrogen) atoms. The van der Waals surface area contributed by atoms with Gasteiger partial charge in [-0.1, -0.05) is 37.3 Å². The van der Waals surface area contributed by atoms with Crippen molar-refractivity contribution in [1.82, 2.24) is 4.98 Å². The highest BCUT2D eigenvalue weighted by atomic mass is 35.5. The Morgan fingerprint density at radius 2 is 2.00 bits per heavy atom. The molecule has 3 rings (SSSR count). The summed E-state index contributed by atoms with van der Waals surface area (Å²) >= 11 is 7.57. The van der Waals surface area contributed by atoms with Crippen molar-refractivity contribution in [2.24, 2.45) is 5.41 Å². The van der Waals surface area contributed by atoms with Crippen molar-refractivity contribution in [3.63, 3.8) is 0 Å². The van der Waals surface area contributed by atoms with E-state index >= 15 is 0 Å². The molecule has 1 saturated carbocycles. The average molecular weight is 324 g/mol. The van der Waals surface area contributed by atoms with Gasteiger partial charge in [0.25, 0.3) is 0 Å². The lowest BCUT2D eigenvalue weighted by molar-refractivity contribution is -0.149. The molecule has 0 aliphatic heterocycles. The third-order valence-electron chi connectivity index (χ3n) is 4.40. The number of carboxylic acid groups (broad SMARTS) is 1. The van der Waals surface area contributed by atoms with Gasteiger partial charge < -0.3 is 5.11 Å². The quantitative estimate of drug-likeness (QED) is 0.816. The number of thiazole rings is 1. The summed E-state index contributed by atoms with van der Waals surface area (Å²) in [6.45, 7) is 0. The van der Waals surface area contributed by atoms with Crippen LogP contribution in [0.1, 0.15) is 43.5 Å². The van der Waals surface area contributed by atoms with E-state index in [4.69, 9.17) is 11.6 Å². The minimum Gasteiger partial charge on any atom is -0.481 e. The Morgan fingerprint density at radius 3 is 2.67 bits per heavy atom. The second-order valence-corrected chi connectivity index (χ2v) is 7.45. The summed E-state index contributed by atoms with van der Waals surface area (Å²) in [4.78, 5) is 16.5. The number of aliphatic carboxylic acids is 1. The molecule has 0 saturated heterocycles. The molecule has 0 amide bonds. The second kappa shape index (κ2) is 5.93. The fourth-order valence-corrected chi connectivity index (χ4v) is 4.57. The zero-order chi connectivity index (χ0) is 14.9. The van der Waals surface area contributed by atoms with E-state index in [2.05, 4.69) is 4.98 Å². The number of fused-ring (bicyclic) bond motifs is 1. The zero-order valence-electron chi connectivity index (χ0n) is 11.8. The first-order chi connectivity index (χ1) is 10.1. The van der Waals surface area contributed by atoms with Crippen LogP contribution in [0.4, 0.5) is 0 Å².